The highest BCUT2D eigenvalue weighted by molar-refractivity contribution is 6.21. The highest BCUT2D eigenvalue weighted by Gasteiger charge is 2.35. The Morgan fingerprint density at radius 1 is 1.75 bits per heavy atom. The van der Waals surface area contributed by atoms with Crippen LogP contribution in [-0.4, -0.2) is 23.9 Å². The molecule has 2 nitrogen and oxygen atoms in total. The van der Waals surface area contributed by atoms with Crippen LogP contribution in [-0.2, 0) is 4.74 Å². The van der Waals surface area contributed by atoms with E-state index in [1.807, 2.05) is 0 Å². The molecule has 1 atom stereocenters. The summed E-state index contributed by atoms with van der Waals surface area (Å²) in [5.41, 5.74) is 0. The second kappa shape index (κ2) is 2.57. The van der Waals surface area contributed by atoms with Crippen LogP contribution < -0.4 is 0 Å². The first kappa shape index (κ1) is 8.07. The molecule has 50 valence electrons. The van der Waals surface area contributed by atoms with E-state index in [0.29, 0.717) is 0 Å². The molecule has 5 heteroatoms. The van der Waals surface area contributed by atoms with Gasteiger partial charge in [0.1, 0.15) is 0 Å². The lowest BCUT2D eigenvalue weighted by atomic mass is 10.7. The molecule has 0 fully saturated rings. The molecule has 0 aliphatic heterocycles. The zero-order valence-electron chi connectivity index (χ0n) is 4.07. The third-order valence-corrected chi connectivity index (χ3v) is 0.690. The molecule has 0 amide bonds. The van der Waals surface area contributed by atoms with Gasteiger partial charge in [-0.2, -0.15) is 8.78 Å². The van der Waals surface area contributed by atoms with Crippen LogP contribution in [0, 0.1) is 0 Å². The van der Waals surface area contributed by atoms with E-state index < -0.39 is 11.7 Å². The van der Waals surface area contributed by atoms with E-state index in [1.54, 1.807) is 0 Å². The molecular weight excluding hydrogens is 141 g/mol. The van der Waals surface area contributed by atoms with Crippen molar-refractivity contribution in [2.45, 2.75) is 11.7 Å². The Morgan fingerprint density at radius 2 is 2.12 bits per heavy atom. The molecule has 0 bridgehead atoms. The standard InChI is InChI=1S/C3H5ClF2O2/c1-8-2(7)3(4,5)6/h2,7H,1H3/t2-/m0/s1. The SMILES string of the molecule is CO[C@H](O)C(F)(F)Cl. The van der Waals surface area contributed by atoms with Crippen LogP contribution in [0.25, 0.3) is 0 Å². The first-order chi connectivity index (χ1) is 3.48. The molecule has 0 aromatic heterocycles. The van der Waals surface area contributed by atoms with Crippen LogP contribution in [0.1, 0.15) is 0 Å². The van der Waals surface area contributed by atoms with Crippen molar-refractivity contribution in [1.29, 1.82) is 0 Å². The minimum atomic E-state index is -3.69. The zero-order valence-corrected chi connectivity index (χ0v) is 4.82. The monoisotopic (exact) mass is 146 g/mol. The molecule has 0 aliphatic carbocycles. The molecule has 0 aromatic rings. The summed E-state index contributed by atoms with van der Waals surface area (Å²) in [7, 11) is 0.932. The number of hydrogen-bond donors (Lipinski definition) is 1. The summed E-state index contributed by atoms with van der Waals surface area (Å²) in [6.07, 6.45) is -2.22. The second-order valence-electron chi connectivity index (χ2n) is 1.13. The fraction of sp³-hybridized carbons (Fsp3) is 1.00. The maximum Gasteiger partial charge on any atom is 0.371 e. The molecule has 0 saturated carbocycles. The van der Waals surface area contributed by atoms with Crippen molar-refractivity contribution in [1.82, 2.24) is 0 Å². The molecule has 0 radical (unpaired) electrons. The third-order valence-electron chi connectivity index (χ3n) is 0.503. The van der Waals surface area contributed by atoms with Crippen molar-refractivity contribution in [2.75, 3.05) is 7.11 Å². The number of aliphatic hydroxyl groups excluding tert-OH is 1. The Balaban J connectivity index is 3.62. The van der Waals surface area contributed by atoms with Gasteiger partial charge in [0.15, 0.2) is 0 Å². The number of methoxy groups -OCH3 is 1. The second-order valence-corrected chi connectivity index (χ2v) is 1.63. The molecule has 0 spiro atoms. The topological polar surface area (TPSA) is 29.5 Å². The normalized spacial score (nSPS) is 16.1. The van der Waals surface area contributed by atoms with Crippen molar-refractivity contribution in [3.63, 3.8) is 0 Å². The number of hydrogen-bond acceptors (Lipinski definition) is 2. The summed E-state index contributed by atoms with van der Waals surface area (Å²) in [5.74, 6) is 0. The predicted molar refractivity (Wildman–Crippen MR) is 23.8 cm³/mol. The quantitative estimate of drug-likeness (QED) is 0.461. The maximum absolute atomic E-state index is 11.5. The fourth-order valence-electron chi connectivity index (χ4n) is 0.134. The maximum atomic E-state index is 11.5. The van der Waals surface area contributed by atoms with Crippen molar-refractivity contribution in [2.24, 2.45) is 0 Å². The number of ether oxygens (including phenoxy) is 1. The van der Waals surface area contributed by atoms with E-state index in [4.69, 9.17) is 5.11 Å². The number of alkyl halides is 3. The van der Waals surface area contributed by atoms with E-state index in [9.17, 15) is 8.78 Å². The van der Waals surface area contributed by atoms with Gasteiger partial charge >= 0.3 is 5.38 Å². The average Bonchev–Trinajstić information content (AvgIpc) is 1.62. The van der Waals surface area contributed by atoms with E-state index in [-0.39, 0.29) is 0 Å². The molecule has 1 N–H and O–H groups in total. The summed E-state index contributed by atoms with van der Waals surface area (Å²) in [4.78, 5) is 0. The Morgan fingerprint density at radius 3 is 2.12 bits per heavy atom. The van der Waals surface area contributed by atoms with E-state index in [0.717, 1.165) is 7.11 Å². The minimum Gasteiger partial charge on any atom is -0.362 e. The lowest BCUT2D eigenvalue weighted by Crippen LogP contribution is -2.28. The molecule has 8 heavy (non-hydrogen) atoms. The molecule has 0 saturated heterocycles. The van der Waals surface area contributed by atoms with E-state index in [1.165, 1.54) is 0 Å². The van der Waals surface area contributed by atoms with Crippen LogP contribution >= 0.6 is 11.6 Å². The summed E-state index contributed by atoms with van der Waals surface area (Å²) in [6, 6.07) is 0. The van der Waals surface area contributed by atoms with Gasteiger partial charge in [-0.25, -0.2) is 0 Å². The van der Waals surface area contributed by atoms with Crippen LogP contribution in [0.5, 0.6) is 0 Å². The summed E-state index contributed by atoms with van der Waals surface area (Å²) >= 11 is 4.28. The van der Waals surface area contributed by atoms with Crippen molar-refractivity contribution >= 4 is 11.6 Å². The molecule has 0 unspecified atom stereocenters. The van der Waals surface area contributed by atoms with Crippen molar-refractivity contribution < 1.29 is 18.6 Å². The Labute approximate surface area is 50.0 Å². The Kier molecular flexibility index (Phi) is 2.59. The molecule has 0 aromatic carbocycles. The van der Waals surface area contributed by atoms with Gasteiger partial charge in [-0.15, -0.1) is 0 Å². The lowest BCUT2D eigenvalue weighted by molar-refractivity contribution is -0.180. The number of aliphatic hydroxyl groups is 1. The van der Waals surface area contributed by atoms with Crippen LogP contribution in [0.4, 0.5) is 8.78 Å². The summed E-state index contributed by atoms with van der Waals surface area (Å²) in [5, 5.41) is 4.40. The van der Waals surface area contributed by atoms with Gasteiger partial charge < -0.3 is 9.84 Å². The summed E-state index contributed by atoms with van der Waals surface area (Å²) < 4.78 is 26.8. The predicted octanol–water partition coefficient (Wildman–Crippen LogP) is 0.783. The molecule has 0 heterocycles. The van der Waals surface area contributed by atoms with Gasteiger partial charge in [0.05, 0.1) is 0 Å². The fourth-order valence-corrected chi connectivity index (χ4v) is 0.223. The third kappa shape index (κ3) is 2.40. The molecular formula is C3H5ClF2O2. The largest absolute Gasteiger partial charge is 0.371 e. The highest BCUT2D eigenvalue weighted by Crippen LogP contribution is 2.23. The van der Waals surface area contributed by atoms with Gasteiger partial charge in [0.25, 0.3) is 0 Å². The van der Waals surface area contributed by atoms with E-state index in [2.05, 4.69) is 16.3 Å². The first-order valence-corrected chi connectivity index (χ1v) is 2.14. The van der Waals surface area contributed by atoms with Crippen LogP contribution in [0.15, 0.2) is 0 Å². The first-order valence-electron chi connectivity index (χ1n) is 1.76. The van der Waals surface area contributed by atoms with Crippen LogP contribution in [0.2, 0.25) is 0 Å². The Bertz CT molecular complexity index is 72.2. The summed E-state index contributed by atoms with van der Waals surface area (Å²) in [6.45, 7) is 0. The average molecular weight is 147 g/mol. The minimum absolute atomic E-state index is 0.932. The van der Waals surface area contributed by atoms with Gasteiger partial charge in [-0.3, -0.25) is 0 Å². The van der Waals surface area contributed by atoms with Gasteiger partial charge in [-0.05, 0) is 11.6 Å². The number of rotatable bonds is 2. The zero-order chi connectivity index (χ0) is 6.78. The highest BCUT2D eigenvalue weighted by atomic mass is 35.5. The molecule has 0 rings (SSSR count). The van der Waals surface area contributed by atoms with Crippen molar-refractivity contribution in [3.05, 3.63) is 0 Å². The van der Waals surface area contributed by atoms with Gasteiger partial charge in [0, 0.05) is 7.11 Å². The molecule has 0 aliphatic rings. The van der Waals surface area contributed by atoms with Gasteiger partial charge in [-0.1, -0.05) is 0 Å². The smallest absolute Gasteiger partial charge is 0.362 e. The lowest BCUT2D eigenvalue weighted by Gasteiger charge is -2.12. The van der Waals surface area contributed by atoms with Crippen molar-refractivity contribution in [3.8, 4) is 0 Å². The Hall–Kier alpha value is 0.0700. The number of halogens is 3. The van der Waals surface area contributed by atoms with Crippen LogP contribution in [0.3, 0.4) is 0 Å². The van der Waals surface area contributed by atoms with Gasteiger partial charge in [0.2, 0.25) is 6.29 Å². The van der Waals surface area contributed by atoms with E-state index >= 15 is 0 Å².